The van der Waals surface area contributed by atoms with Crippen LogP contribution in [-0.2, 0) is 6.54 Å². The summed E-state index contributed by atoms with van der Waals surface area (Å²) in [4.78, 5) is 8.59. The molecule has 3 rings (SSSR count). The van der Waals surface area contributed by atoms with Crippen LogP contribution in [0.3, 0.4) is 0 Å². The van der Waals surface area contributed by atoms with Crippen LogP contribution >= 0.6 is 11.6 Å². The summed E-state index contributed by atoms with van der Waals surface area (Å²) in [5, 5.41) is 16.1. The van der Waals surface area contributed by atoms with Crippen molar-refractivity contribution in [1.29, 1.82) is 5.26 Å². The lowest BCUT2D eigenvalue weighted by Gasteiger charge is -2.09. The summed E-state index contributed by atoms with van der Waals surface area (Å²) in [5.41, 5.74) is 2.32. The highest BCUT2D eigenvalue weighted by Gasteiger charge is 2.04. The number of hydrogen-bond acceptors (Lipinski definition) is 5. The zero-order valence-corrected chi connectivity index (χ0v) is 13.5. The second-order valence-corrected chi connectivity index (χ2v) is 5.46. The van der Waals surface area contributed by atoms with Crippen LogP contribution in [0.25, 0.3) is 0 Å². The monoisotopic (exact) mass is 335 g/mol. The molecule has 1 aromatic heterocycles. The SMILES string of the molecule is N#Cc1ccccc1Nc1nccc(NCc2ccc(Cl)cc2)n1. The molecule has 0 saturated heterocycles. The van der Waals surface area contributed by atoms with Gasteiger partial charge in [-0.1, -0.05) is 35.9 Å². The molecule has 0 unspecified atom stereocenters. The van der Waals surface area contributed by atoms with Gasteiger partial charge >= 0.3 is 0 Å². The van der Waals surface area contributed by atoms with Gasteiger partial charge in [-0.3, -0.25) is 0 Å². The van der Waals surface area contributed by atoms with Crippen LogP contribution in [0.1, 0.15) is 11.1 Å². The van der Waals surface area contributed by atoms with E-state index in [1.807, 2.05) is 42.5 Å². The summed E-state index contributed by atoms with van der Waals surface area (Å²) < 4.78 is 0. The number of para-hydroxylation sites is 1. The Hall–Kier alpha value is -3.10. The average molecular weight is 336 g/mol. The summed E-state index contributed by atoms with van der Waals surface area (Å²) in [6.07, 6.45) is 1.66. The van der Waals surface area contributed by atoms with E-state index in [4.69, 9.17) is 16.9 Å². The second-order valence-electron chi connectivity index (χ2n) is 5.03. The molecule has 6 heteroatoms. The van der Waals surface area contributed by atoms with E-state index in [0.717, 1.165) is 5.56 Å². The molecule has 0 fully saturated rings. The van der Waals surface area contributed by atoms with E-state index in [0.29, 0.717) is 34.6 Å². The Bertz CT molecular complexity index is 871. The van der Waals surface area contributed by atoms with Crippen molar-refractivity contribution >= 4 is 29.1 Å². The molecule has 1 heterocycles. The standard InChI is InChI=1S/C18H14ClN5/c19-15-7-5-13(6-8-15)12-22-17-9-10-21-18(24-17)23-16-4-2-1-3-14(16)11-20/h1-10H,12H2,(H2,21,22,23,24). The van der Waals surface area contributed by atoms with Crippen molar-refractivity contribution in [3.8, 4) is 6.07 Å². The van der Waals surface area contributed by atoms with Crippen LogP contribution in [0.5, 0.6) is 0 Å². The first kappa shape index (κ1) is 15.8. The van der Waals surface area contributed by atoms with E-state index in [2.05, 4.69) is 26.7 Å². The van der Waals surface area contributed by atoms with E-state index in [1.54, 1.807) is 18.3 Å². The van der Waals surface area contributed by atoms with Gasteiger partial charge in [0.25, 0.3) is 0 Å². The van der Waals surface area contributed by atoms with Crippen molar-refractivity contribution in [2.75, 3.05) is 10.6 Å². The number of nitrogens with one attached hydrogen (secondary N) is 2. The highest BCUT2D eigenvalue weighted by atomic mass is 35.5. The molecule has 2 N–H and O–H groups in total. The van der Waals surface area contributed by atoms with Crippen LogP contribution < -0.4 is 10.6 Å². The smallest absolute Gasteiger partial charge is 0.229 e. The zero-order chi connectivity index (χ0) is 16.8. The fourth-order valence-corrected chi connectivity index (χ4v) is 2.25. The quantitative estimate of drug-likeness (QED) is 0.724. The van der Waals surface area contributed by atoms with Crippen molar-refractivity contribution in [3.05, 3.63) is 76.9 Å². The maximum Gasteiger partial charge on any atom is 0.229 e. The summed E-state index contributed by atoms with van der Waals surface area (Å²) >= 11 is 5.88. The molecule has 0 atom stereocenters. The van der Waals surface area contributed by atoms with E-state index in [-0.39, 0.29) is 0 Å². The fraction of sp³-hybridized carbons (Fsp3) is 0.0556. The van der Waals surface area contributed by atoms with E-state index in [1.165, 1.54) is 0 Å². The predicted molar refractivity (Wildman–Crippen MR) is 95.3 cm³/mol. The van der Waals surface area contributed by atoms with Gasteiger partial charge in [0, 0.05) is 17.8 Å². The Morgan fingerprint density at radius 1 is 1.04 bits per heavy atom. The van der Waals surface area contributed by atoms with Crippen LogP contribution in [0.2, 0.25) is 5.02 Å². The molecule has 2 aromatic carbocycles. The van der Waals surface area contributed by atoms with Crippen molar-refractivity contribution in [2.24, 2.45) is 0 Å². The molecule has 0 aliphatic rings. The molecule has 5 nitrogen and oxygen atoms in total. The van der Waals surface area contributed by atoms with Crippen LogP contribution in [0.15, 0.2) is 60.8 Å². The van der Waals surface area contributed by atoms with Crippen LogP contribution in [0, 0.1) is 11.3 Å². The van der Waals surface area contributed by atoms with Gasteiger partial charge in [-0.25, -0.2) is 4.98 Å². The molecule has 0 saturated carbocycles. The molecule has 24 heavy (non-hydrogen) atoms. The Morgan fingerprint density at radius 3 is 2.62 bits per heavy atom. The van der Waals surface area contributed by atoms with Gasteiger partial charge in [0.2, 0.25) is 5.95 Å². The summed E-state index contributed by atoms with van der Waals surface area (Å²) in [7, 11) is 0. The minimum absolute atomic E-state index is 0.429. The first-order valence-corrected chi connectivity index (χ1v) is 7.70. The number of nitrogens with zero attached hydrogens (tertiary/aromatic N) is 3. The van der Waals surface area contributed by atoms with E-state index in [9.17, 15) is 0 Å². The summed E-state index contributed by atoms with van der Waals surface area (Å²) in [6, 6.07) is 18.8. The van der Waals surface area contributed by atoms with Crippen molar-refractivity contribution in [2.45, 2.75) is 6.54 Å². The maximum absolute atomic E-state index is 9.13. The molecule has 0 aliphatic heterocycles. The lowest BCUT2D eigenvalue weighted by molar-refractivity contribution is 1.08. The summed E-state index contributed by atoms with van der Waals surface area (Å²) in [6.45, 7) is 0.627. The van der Waals surface area contributed by atoms with Gasteiger partial charge in [0.05, 0.1) is 11.3 Å². The van der Waals surface area contributed by atoms with Gasteiger partial charge in [-0.2, -0.15) is 10.2 Å². The molecule has 0 radical (unpaired) electrons. The number of benzene rings is 2. The normalized spacial score (nSPS) is 10.0. The summed E-state index contributed by atoms with van der Waals surface area (Å²) in [5.74, 6) is 1.12. The third kappa shape index (κ3) is 4.00. The molecular weight excluding hydrogens is 322 g/mol. The number of nitriles is 1. The zero-order valence-electron chi connectivity index (χ0n) is 12.7. The third-order valence-corrected chi connectivity index (χ3v) is 3.59. The molecule has 0 amide bonds. The topological polar surface area (TPSA) is 73.6 Å². The first-order chi connectivity index (χ1) is 11.7. The number of anilines is 3. The van der Waals surface area contributed by atoms with E-state index >= 15 is 0 Å². The highest BCUT2D eigenvalue weighted by Crippen LogP contribution is 2.18. The molecular formula is C18H14ClN5. The largest absolute Gasteiger partial charge is 0.366 e. The lowest BCUT2D eigenvalue weighted by atomic mass is 10.2. The van der Waals surface area contributed by atoms with Crippen molar-refractivity contribution in [1.82, 2.24) is 9.97 Å². The van der Waals surface area contributed by atoms with Gasteiger partial charge in [0.1, 0.15) is 11.9 Å². The van der Waals surface area contributed by atoms with Gasteiger partial charge in [0.15, 0.2) is 0 Å². The first-order valence-electron chi connectivity index (χ1n) is 7.32. The number of rotatable bonds is 5. The molecule has 3 aromatic rings. The number of aromatic nitrogens is 2. The van der Waals surface area contributed by atoms with Gasteiger partial charge in [-0.05, 0) is 35.9 Å². The molecule has 118 valence electrons. The lowest BCUT2D eigenvalue weighted by Crippen LogP contribution is -2.04. The molecule has 0 spiro atoms. The average Bonchev–Trinajstić information content (AvgIpc) is 2.62. The van der Waals surface area contributed by atoms with Gasteiger partial charge < -0.3 is 10.6 Å². The Kier molecular flexibility index (Phi) is 4.90. The highest BCUT2D eigenvalue weighted by molar-refractivity contribution is 6.30. The predicted octanol–water partition coefficient (Wildman–Crippen LogP) is 4.36. The van der Waals surface area contributed by atoms with E-state index < -0.39 is 0 Å². The third-order valence-electron chi connectivity index (χ3n) is 3.34. The maximum atomic E-state index is 9.13. The number of hydrogen-bond donors (Lipinski definition) is 2. The minimum atomic E-state index is 0.429. The van der Waals surface area contributed by atoms with Crippen molar-refractivity contribution in [3.63, 3.8) is 0 Å². The van der Waals surface area contributed by atoms with Crippen LogP contribution in [0.4, 0.5) is 17.5 Å². The second kappa shape index (κ2) is 7.44. The Balaban J connectivity index is 1.70. The number of halogens is 1. The minimum Gasteiger partial charge on any atom is -0.366 e. The van der Waals surface area contributed by atoms with Crippen molar-refractivity contribution < 1.29 is 0 Å². The molecule has 0 aliphatic carbocycles. The Morgan fingerprint density at radius 2 is 1.83 bits per heavy atom. The molecule has 0 bridgehead atoms. The fourth-order valence-electron chi connectivity index (χ4n) is 2.12. The van der Waals surface area contributed by atoms with Crippen LogP contribution in [-0.4, -0.2) is 9.97 Å². The Labute approximate surface area is 145 Å². The van der Waals surface area contributed by atoms with Gasteiger partial charge in [-0.15, -0.1) is 0 Å².